The third-order valence-electron chi connectivity index (χ3n) is 3.40. The lowest BCUT2D eigenvalue weighted by Crippen LogP contribution is -2.31. The summed E-state index contributed by atoms with van der Waals surface area (Å²) in [5.41, 5.74) is 0. The van der Waals surface area contributed by atoms with Crippen LogP contribution in [0.25, 0.3) is 0 Å². The van der Waals surface area contributed by atoms with E-state index in [1.165, 1.54) is 37.0 Å². The number of likely N-dealkylation sites (tertiary alicyclic amines) is 1. The van der Waals surface area contributed by atoms with Crippen LogP contribution in [0.5, 0.6) is 0 Å². The fraction of sp³-hybridized carbons (Fsp3) is 0.846. The van der Waals surface area contributed by atoms with Crippen molar-refractivity contribution in [2.45, 2.75) is 52.0 Å². The molecule has 2 heterocycles. The SMILES string of the molecule is CCCc1nn(CCCN2CCCCC2)c(=O)o1. The van der Waals surface area contributed by atoms with Gasteiger partial charge in [-0.2, -0.15) is 4.68 Å². The van der Waals surface area contributed by atoms with Gasteiger partial charge in [-0.3, -0.25) is 0 Å². The minimum Gasteiger partial charge on any atom is -0.392 e. The number of aryl methyl sites for hydroxylation is 2. The van der Waals surface area contributed by atoms with Gasteiger partial charge in [0.25, 0.3) is 0 Å². The van der Waals surface area contributed by atoms with Crippen molar-refractivity contribution in [3.8, 4) is 0 Å². The first kappa shape index (κ1) is 13.3. The largest absolute Gasteiger partial charge is 0.437 e. The van der Waals surface area contributed by atoms with E-state index in [9.17, 15) is 4.79 Å². The van der Waals surface area contributed by atoms with Crippen LogP contribution in [0.2, 0.25) is 0 Å². The summed E-state index contributed by atoms with van der Waals surface area (Å²) in [6, 6.07) is 0. The van der Waals surface area contributed by atoms with E-state index in [4.69, 9.17) is 4.42 Å². The van der Waals surface area contributed by atoms with E-state index in [1.807, 2.05) is 0 Å². The Morgan fingerprint density at radius 1 is 1.22 bits per heavy atom. The molecule has 5 nitrogen and oxygen atoms in total. The summed E-state index contributed by atoms with van der Waals surface area (Å²) < 4.78 is 6.55. The summed E-state index contributed by atoms with van der Waals surface area (Å²) in [6.07, 6.45) is 6.65. The van der Waals surface area contributed by atoms with Gasteiger partial charge in [0.05, 0.1) is 0 Å². The van der Waals surface area contributed by atoms with Gasteiger partial charge in [-0.25, -0.2) is 4.79 Å². The Morgan fingerprint density at radius 3 is 2.72 bits per heavy atom. The van der Waals surface area contributed by atoms with E-state index in [-0.39, 0.29) is 5.76 Å². The molecule has 1 aromatic heterocycles. The van der Waals surface area contributed by atoms with Crippen LogP contribution in [0.1, 0.15) is 44.9 Å². The molecule has 1 aliphatic rings. The van der Waals surface area contributed by atoms with E-state index < -0.39 is 0 Å². The summed E-state index contributed by atoms with van der Waals surface area (Å²) >= 11 is 0. The molecule has 0 saturated carbocycles. The fourth-order valence-electron chi connectivity index (χ4n) is 2.43. The van der Waals surface area contributed by atoms with Crippen LogP contribution in [0.4, 0.5) is 0 Å². The number of hydrogen-bond donors (Lipinski definition) is 0. The Hall–Kier alpha value is -1.10. The molecule has 1 fully saturated rings. The number of nitrogens with zero attached hydrogens (tertiary/aromatic N) is 3. The number of aromatic nitrogens is 2. The van der Waals surface area contributed by atoms with Gasteiger partial charge >= 0.3 is 5.76 Å². The Balaban J connectivity index is 1.77. The van der Waals surface area contributed by atoms with Crippen LogP contribution in [-0.2, 0) is 13.0 Å². The predicted octanol–water partition coefficient (Wildman–Crippen LogP) is 1.66. The molecule has 0 aromatic carbocycles. The molecule has 0 atom stereocenters. The second kappa shape index (κ2) is 6.73. The van der Waals surface area contributed by atoms with Crippen molar-refractivity contribution in [2.24, 2.45) is 0 Å². The van der Waals surface area contributed by atoms with Crippen molar-refractivity contribution in [3.63, 3.8) is 0 Å². The van der Waals surface area contributed by atoms with E-state index in [2.05, 4.69) is 16.9 Å². The minimum absolute atomic E-state index is 0.308. The van der Waals surface area contributed by atoms with Gasteiger partial charge < -0.3 is 9.32 Å². The highest BCUT2D eigenvalue weighted by atomic mass is 16.4. The van der Waals surface area contributed by atoms with Crippen molar-refractivity contribution in [1.29, 1.82) is 0 Å². The number of rotatable bonds is 6. The summed E-state index contributed by atoms with van der Waals surface area (Å²) in [5.74, 6) is 0.262. The molecule has 0 N–H and O–H groups in total. The Bertz CT molecular complexity index is 405. The predicted molar refractivity (Wildman–Crippen MR) is 69.7 cm³/mol. The quantitative estimate of drug-likeness (QED) is 0.773. The molecule has 1 aliphatic heterocycles. The monoisotopic (exact) mass is 253 g/mol. The van der Waals surface area contributed by atoms with Gasteiger partial charge in [0, 0.05) is 13.0 Å². The minimum atomic E-state index is -0.308. The van der Waals surface area contributed by atoms with Gasteiger partial charge in [0.2, 0.25) is 5.89 Å². The molecule has 0 unspecified atom stereocenters. The lowest BCUT2D eigenvalue weighted by atomic mass is 10.1. The summed E-state index contributed by atoms with van der Waals surface area (Å²) in [6.45, 7) is 6.18. The molecule has 1 saturated heterocycles. The van der Waals surface area contributed by atoms with Gasteiger partial charge in [0.15, 0.2) is 0 Å². The number of hydrogen-bond acceptors (Lipinski definition) is 4. The molecule has 18 heavy (non-hydrogen) atoms. The summed E-state index contributed by atoms with van der Waals surface area (Å²) in [5, 5.41) is 4.20. The molecule has 0 radical (unpaired) electrons. The molecule has 1 aromatic rings. The third kappa shape index (κ3) is 3.70. The first-order valence-electron chi connectivity index (χ1n) is 7.09. The lowest BCUT2D eigenvalue weighted by Gasteiger charge is -2.26. The Kier molecular flexibility index (Phi) is 4.99. The van der Waals surface area contributed by atoms with E-state index in [0.29, 0.717) is 12.4 Å². The zero-order valence-electron chi connectivity index (χ0n) is 11.2. The zero-order chi connectivity index (χ0) is 12.8. The van der Waals surface area contributed by atoms with Crippen molar-refractivity contribution >= 4 is 0 Å². The van der Waals surface area contributed by atoms with Crippen LogP contribution in [0.3, 0.4) is 0 Å². The second-order valence-electron chi connectivity index (χ2n) is 4.99. The maximum absolute atomic E-state index is 11.5. The molecule has 0 spiro atoms. The molecule has 5 heteroatoms. The average Bonchev–Trinajstić information content (AvgIpc) is 2.72. The van der Waals surface area contributed by atoms with Crippen LogP contribution in [0, 0.1) is 0 Å². The third-order valence-corrected chi connectivity index (χ3v) is 3.40. The smallest absolute Gasteiger partial charge is 0.392 e. The summed E-state index contributed by atoms with van der Waals surface area (Å²) in [7, 11) is 0. The molecular weight excluding hydrogens is 230 g/mol. The lowest BCUT2D eigenvalue weighted by molar-refractivity contribution is 0.221. The van der Waals surface area contributed by atoms with Crippen LogP contribution in [0.15, 0.2) is 9.21 Å². The van der Waals surface area contributed by atoms with Gasteiger partial charge in [-0.15, -0.1) is 5.10 Å². The van der Waals surface area contributed by atoms with Crippen molar-refractivity contribution in [1.82, 2.24) is 14.7 Å². The van der Waals surface area contributed by atoms with Gasteiger partial charge in [-0.05, 0) is 45.3 Å². The molecule has 0 aliphatic carbocycles. The first-order chi connectivity index (χ1) is 8.79. The van der Waals surface area contributed by atoms with E-state index in [1.54, 1.807) is 0 Å². The van der Waals surface area contributed by atoms with Crippen LogP contribution in [-0.4, -0.2) is 34.3 Å². The first-order valence-corrected chi connectivity index (χ1v) is 7.09. The number of piperidine rings is 1. The molecule has 102 valence electrons. The van der Waals surface area contributed by atoms with E-state index >= 15 is 0 Å². The standard InChI is InChI=1S/C13H23N3O2/c1-2-7-12-14-16(13(17)18-12)11-6-10-15-8-4-3-5-9-15/h2-11H2,1H3. The highest BCUT2D eigenvalue weighted by Gasteiger charge is 2.11. The highest BCUT2D eigenvalue weighted by molar-refractivity contribution is 4.74. The second-order valence-corrected chi connectivity index (χ2v) is 4.99. The highest BCUT2D eigenvalue weighted by Crippen LogP contribution is 2.08. The molecule has 2 rings (SSSR count). The molecular formula is C13H23N3O2. The van der Waals surface area contributed by atoms with Crippen LogP contribution < -0.4 is 5.76 Å². The maximum Gasteiger partial charge on any atom is 0.437 e. The van der Waals surface area contributed by atoms with Crippen molar-refractivity contribution < 1.29 is 4.42 Å². The van der Waals surface area contributed by atoms with Gasteiger partial charge in [0.1, 0.15) is 0 Å². The normalized spacial score (nSPS) is 17.2. The summed E-state index contributed by atoms with van der Waals surface area (Å²) in [4.78, 5) is 14.0. The van der Waals surface area contributed by atoms with Crippen molar-refractivity contribution in [2.75, 3.05) is 19.6 Å². The maximum atomic E-state index is 11.5. The Labute approximate surface area is 108 Å². The Morgan fingerprint density at radius 2 is 2.00 bits per heavy atom. The molecule has 0 amide bonds. The van der Waals surface area contributed by atoms with E-state index in [0.717, 1.165) is 25.8 Å². The van der Waals surface area contributed by atoms with Crippen LogP contribution >= 0.6 is 0 Å². The van der Waals surface area contributed by atoms with Gasteiger partial charge in [-0.1, -0.05) is 13.3 Å². The zero-order valence-corrected chi connectivity index (χ0v) is 11.2. The van der Waals surface area contributed by atoms with Crippen molar-refractivity contribution in [3.05, 3.63) is 16.4 Å². The topological polar surface area (TPSA) is 51.3 Å². The molecule has 0 bridgehead atoms. The average molecular weight is 253 g/mol. The fourth-order valence-corrected chi connectivity index (χ4v) is 2.43.